The number of rotatable bonds is 7. The predicted molar refractivity (Wildman–Crippen MR) is 138 cm³/mol. The van der Waals surface area contributed by atoms with Crippen LogP contribution in [0.15, 0.2) is 24.5 Å². The number of hydrogen-bond donors (Lipinski definition) is 3. The Bertz CT molecular complexity index is 1490. The van der Waals surface area contributed by atoms with Gasteiger partial charge in [0.05, 0.1) is 29.3 Å². The third-order valence-corrected chi connectivity index (χ3v) is 8.25. The number of aliphatic hydroxyl groups is 1. The Labute approximate surface area is 228 Å². The normalized spacial score (nSPS) is 20.6. The smallest absolute Gasteiger partial charge is 0.416 e. The number of halogens is 3. The molecule has 2 aliphatic carbocycles. The van der Waals surface area contributed by atoms with Gasteiger partial charge in [0.1, 0.15) is 29.4 Å². The van der Waals surface area contributed by atoms with Gasteiger partial charge in [-0.25, -0.2) is 9.97 Å². The van der Waals surface area contributed by atoms with E-state index in [9.17, 15) is 27.9 Å². The lowest BCUT2D eigenvalue weighted by Crippen LogP contribution is -2.42. The van der Waals surface area contributed by atoms with Gasteiger partial charge in [0.15, 0.2) is 0 Å². The van der Waals surface area contributed by atoms with Gasteiger partial charge in [0.2, 0.25) is 0 Å². The number of carbonyl (C=O) groups is 2. The molecule has 1 aliphatic heterocycles. The molecule has 12 heteroatoms. The summed E-state index contributed by atoms with van der Waals surface area (Å²) in [6.07, 6.45) is -0.682. The molecule has 1 aromatic carbocycles. The molecule has 0 unspecified atom stereocenters. The van der Waals surface area contributed by atoms with Crippen LogP contribution in [0.3, 0.4) is 0 Å². The van der Waals surface area contributed by atoms with Crippen LogP contribution in [-0.4, -0.2) is 68.6 Å². The number of nitrogens with one attached hydrogen (secondary N) is 2. The zero-order valence-corrected chi connectivity index (χ0v) is 22.1. The fourth-order valence-electron chi connectivity index (χ4n) is 5.61. The molecule has 2 atom stereocenters. The number of likely N-dealkylation sites (tertiary alicyclic amines) is 1. The van der Waals surface area contributed by atoms with Crippen LogP contribution in [0.25, 0.3) is 22.3 Å². The number of aromatic amines is 1. The van der Waals surface area contributed by atoms with Gasteiger partial charge in [-0.2, -0.15) is 13.2 Å². The highest BCUT2D eigenvalue weighted by Crippen LogP contribution is 2.53. The van der Waals surface area contributed by atoms with Gasteiger partial charge in [-0.3, -0.25) is 9.59 Å². The number of H-pyrrole nitrogens is 1. The molecule has 3 N–H and O–H groups in total. The average molecular weight is 558 g/mol. The monoisotopic (exact) mass is 557 g/mol. The number of amides is 2. The molecule has 40 heavy (non-hydrogen) atoms. The van der Waals surface area contributed by atoms with Crippen molar-refractivity contribution in [2.24, 2.45) is 11.3 Å². The topological polar surface area (TPSA) is 120 Å². The predicted octanol–water partition coefficient (Wildman–Crippen LogP) is 3.84. The van der Waals surface area contributed by atoms with Crippen molar-refractivity contribution in [3.63, 3.8) is 0 Å². The highest BCUT2D eigenvalue weighted by atomic mass is 19.4. The van der Waals surface area contributed by atoms with Crippen LogP contribution in [0.4, 0.5) is 13.2 Å². The molecule has 0 bridgehead atoms. The Kier molecular flexibility index (Phi) is 6.28. The number of nitrogens with zero attached hydrogens (tertiary/aromatic N) is 3. The van der Waals surface area contributed by atoms with Crippen molar-refractivity contribution in [2.75, 3.05) is 19.7 Å². The number of aromatic nitrogens is 3. The summed E-state index contributed by atoms with van der Waals surface area (Å²) in [5.41, 5.74) is 0.690. The van der Waals surface area contributed by atoms with Crippen LogP contribution in [0, 0.1) is 18.3 Å². The lowest BCUT2D eigenvalue weighted by Gasteiger charge is -2.19. The van der Waals surface area contributed by atoms with Crippen LogP contribution in [0.5, 0.6) is 5.75 Å². The molecule has 3 heterocycles. The molecule has 2 aromatic heterocycles. The Morgan fingerprint density at radius 1 is 1.27 bits per heavy atom. The van der Waals surface area contributed by atoms with E-state index in [1.54, 1.807) is 11.8 Å². The summed E-state index contributed by atoms with van der Waals surface area (Å²) >= 11 is 0. The second kappa shape index (κ2) is 9.46. The lowest BCUT2D eigenvalue weighted by molar-refractivity contribution is -0.138. The second-order valence-electron chi connectivity index (χ2n) is 11.3. The molecule has 1 saturated heterocycles. The van der Waals surface area contributed by atoms with Gasteiger partial charge >= 0.3 is 6.18 Å². The summed E-state index contributed by atoms with van der Waals surface area (Å²) in [5.74, 6) is -0.0989. The molecule has 3 aromatic rings. The van der Waals surface area contributed by atoms with E-state index < -0.39 is 23.8 Å². The Morgan fingerprint density at radius 2 is 2.02 bits per heavy atom. The number of hydrogen-bond acceptors (Lipinski definition) is 6. The van der Waals surface area contributed by atoms with Gasteiger partial charge in [0, 0.05) is 29.8 Å². The minimum Gasteiger partial charge on any atom is -0.493 e. The van der Waals surface area contributed by atoms with E-state index in [2.05, 4.69) is 20.3 Å². The molecule has 3 fully saturated rings. The molecule has 212 valence electrons. The molecule has 1 spiro atoms. The maximum Gasteiger partial charge on any atom is 0.416 e. The van der Waals surface area contributed by atoms with Crippen molar-refractivity contribution < 1.29 is 32.6 Å². The zero-order chi connectivity index (χ0) is 28.4. The lowest BCUT2D eigenvalue weighted by atomic mass is 10.00. The second-order valence-corrected chi connectivity index (χ2v) is 11.3. The number of carbonyl (C=O) groups excluding carboxylic acids is 2. The van der Waals surface area contributed by atoms with E-state index in [1.807, 2.05) is 0 Å². The molecule has 2 saturated carbocycles. The highest BCUT2D eigenvalue weighted by molar-refractivity contribution is 6.09. The number of benzene rings is 1. The summed E-state index contributed by atoms with van der Waals surface area (Å²) in [4.78, 5) is 39.3. The minimum absolute atomic E-state index is 0.163. The molecular formula is C28H30F3N5O4. The standard InChI is InChI=1S/C28H30F3N5O4/c1-14-21(25(38)35-20-10-36(26(39)15(2)37)12-27(20)7-8-27)23-24(34-14)22(32-13-33-23)18-9-17(28(29,30)31)5-6-19(18)40-11-16-3-4-16/h5-6,9,13,15-16,20,34,37H,3-4,7-8,10-12H2,1-2H3,(H,35,38)/t15-,20+/m0/s1. The number of ether oxygens (including phenoxy) is 1. The Morgan fingerprint density at radius 3 is 2.67 bits per heavy atom. The molecule has 6 rings (SSSR count). The zero-order valence-electron chi connectivity index (χ0n) is 22.1. The third-order valence-electron chi connectivity index (χ3n) is 8.25. The van der Waals surface area contributed by atoms with Crippen molar-refractivity contribution in [3.05, 3.63) is 41.3 Å². The van der Waals surface area contributed by atoms with Crippen LogP contribution in [0.1, 0.15) is 54.2 Å². The van der Waals surface area contributed by atoms with Crippen molar-refractivity contribution in [3.8, 4) is 17.0 Å². The summed E-state index contributed by atoms with van der Waals surface area (Å²) < 4.78 is 46.8. The van der Waals surface area contributed by atoms with Crippen molar-refractivity contribution in [1.29, 1.82) is 0 Å². The van der Waals surface area contributed by atoms with Crippen molar-refractivity contribution in [1.82, 2.24) is 25.2 Å². The van der Waals surface area contributed by atoms with Gasteiger partial charge in [0.25, 0.3) is 11.8 Å². The summed E-state index contributed by atoms with van der Waals surface area (Å²) in [6, 6.07) is 3.03. The molecule has 2 amide bonds. The van der Waals surface area contributed by atoms with Gasteiger partial charge in [-0.1, -0.05) is 0 Å². The maximum absolute atomic E-state index is 13.6. The number of aryl methyl sites for hydroxylation is 1. The molecule has 3 aliphatic rings. The minimum atomic E-state index is -4.56. The number of aliphatic hydroxyl groups excluding tert-OH is 1. The highest BCUT2D eigenvalue weighted by Gasteiger charge is 2.56. The maximum atomic E-state index is 13.6. The average Bonchev–Trinajstić information content (AvgIpc) is 3.81. The Hall–Kier alpha value is -3.67. The first kappa shape index (κ1) is 26.5. The van der Waals surface area contributed by atoms with Crippen molar-refractivity contribution in [2.45, 2.75) is 57.9 Å². The fraction of sp³-hybridized carbons (Fsp3) is 0.500. The largest absolute Gasteiger partial charge is 0.493 e. The van der Waals surface area contributed by atoms with Crippen molar-refractivity contribution >= 4 is 22.8 Å². The van der Waals surface area contributed by atoms with Gasteiger partial charge in [-0.15, -0.1) is 0 Å². The van der Waals surface area contributed by atoms with Crippen LogP contribution >= 0.6 is 0 Å². The molecule has 0 radical (unpaired) electrons. The van der Waals surface area contributed by atoms with Gasteiger partial charge in [-0.05, 0) is 63.6 Å². The number of fused-ring (bicyclic) bond motifs is 1. The van der Waals surface area contributed by atoms with Crippen LogP contribution < -0.4 is 10.1 Å². The first-order valence-electron chi connectivity index (χ1n) is 13.4. The van der Waals surface area contributed by atoms with E-state index >= 15 is 0 Å². The quantitative estimate of drug-likeness (QED) is 0.406. The van der Waals surface area contributed by atoms with Gasteiger partial charge < -0.3 is 25.0 Å². The first-order chi connectivity index (χ1) is 19.0. The summed E-state index contributed by atoms with van der Waals surface area (Å²) in [5, 5.41) is 12.8. The molecular weight excluding hydrogens is 527 g/mol. The van der Waals surface area contributed by atoms with E-state index in [-0.39, 0.29) is 45.5 Å². The fourth-order valence-corrected chi connectivity index (χ4v) is 5.61. The molecule has 9 nitrogen and oxygen atoms in total. The summed E-state index contributed by atoms with van der Waals surface area (Å²) in [7, 11) is 0. The van der Waals surface area contributed by atoms with E-state index in [0.717, 1.165) is 37.8 Å². The van der Waals surface area contributed by atoms with Crippen LogP contribution in [-0.2, 0) is 11.0 Å². The number of alkyl halides is 3. The van der Waals surface area contributed by atoms with E-state index in [4.69, 9.17) is 4.74 Å². The first-order valence-corrected chi connectivity index (χ1v) is 13.4. The van der Waals surface area contributed by atoms with E-state index in [1.165, 1.54) is 19.3 Å². The third kappa shape index (κ3) is 4.78. The Balaban J connectivity index is 1.34. The SMILES string of the molecule is Cc1[nH]c2c(-c3cc(C(F)(F)F)ccc3OCC3CC3)ncnc2c1C(=O)N[C@@H]1CN(C(=O)[C@H](C)O)CC12CC2. The van der Waals surface area contributed by atoms with E-state index in [0.29, 0.717) is 36.8 Å². The summed E-state index contributed by atoms with van der Waals surface area (Å²) in [6.45, 7) is 4.29. The van der Waals surface area contributed by atoms with Crippen LogP contribution in [0.2, 0.25) is 0 Å².